The Morgan fingerprint density at radius 2 is 1.69 bits per heavy atom. The SMILES string of the molecule is Cc1cc(C)c(NC(=O)[C@H](C)Sc2nc3ccc(N4C(=O)[C@H]5CCCC[C@H]5C4=O)cc3s2)c(C)c1. The average molecular weight is 508 g/mol. The number of hydrogen-bond acceptors (Lipinski definition) is 6. The first-order chi connectivity index (χ1) is 16.7. The second-order valence-corrected chi connectivity index (χ2v) is 12.3. The molecule has 1 N–H and O–H groups in total. The molecule has 2 aliphatic rings. The number of carbonyl (C=O) groups excluding carboxylic acids is 3. The van der Waals surface area contributed by atoms with Crippen molar-refractivity contribution in [3.05, 3.63) is 47.0 Å². The van der Waals surface area contributed by atoms with Crippen LogP contribution in [0.25, 0.3) is 10.2 Å². The Balaban J connectivity index is 1.32. The summed E-state index contributed by atoms with van der Waals surface area (Å²) in [5.74, 6) is -0.532. The Bertz CT molecular complexity index is 1300. The van der Waals surface area contributed by atoms with E-state index in [-0.39, 0.29) is 34.8 Å². The zero-order chi connectivity index (χ0) is 24.9. The van der Waals surface area contributed by atoms with Crippen molar-refractivity contribution in [3.8, 4) is 0 Å². The van der Waals surface area contributed by atoms with E-state index in [4.69, 9.17) is 0 Å². The molecule has 0 bridgehead atoms. The predicted molar refractivity (Wildman–Crippen MR) is 142 cm³/mol. The number of thiazole rings is 1. The maximum absolute atomic E-state index is 13.0. The maximum atomic E-state index is 13.0. The number of aryl methyl sites for hydroxylation is 3. The average Bonchev–Trinajstić information content (AvgIpc) is 3.33. The number of hydrogen-bond donors (Lipinski definition) is 1. The van der Waals surface area contributed by atoms with Crippen LogP contribution in [0.1, 0.15) is 49.3 Å². The number of nitrogens with zero attached hydrogens (tertiary/aromatic N) is 2. The smallest absolute Gasteiger partial charge is 0.237 e. The number of aromatic nitrogens is 1. The molecule has 2 aromatic carbocycles. The molecule has 3 aromatic rings. The summed E-state index contributed by atoms with van der Waals surface area (Å²) in [6.45, 7) is 7.93. The normalized spacial score (nSPS) is 20.9. The number of fused-ring (bicyclic) bond motifs is 2. The lowest BCUT2D eigenvalue weighted by Gasteiger charge is -2.19. The molecule has 6 nitrogen and oxygen atoms in total. The van der Waals surface area contributed by atoms with Crippen LogP contribution in [0.4, 0.5) is 11.4 Å². The fourth-order valence-corrected chi connectivity index (χ4v) is 7.55. The Hall–Kier alpha value is -2.71. The minimum absolute atomic E-state index is 0.0647. The van der Waals surface area contributed by atoms with Gasteiger partial charge in [-0.25, -0.2) is 4.98 Å². The number of anilines is 2. The van der Waals surface area contributed by atoms with E-state index in [9.17, 15) is 14.4 Å². The van der Waals surface area contributed by atoms with Crippen molar-refractivity contribution in [1.29, 1.82) is 0 Å². The fraction of sp³-hybridized carbons (Fsp3) is 0.407. The molecule has 3 amide bonds. The highest BCUT2D eigenvalue weighted by Crippen LogP contribution is 2.41. The monoisotopic (exact) mass is 507 g/mol. The van der Waals surface area contributed by atoms with Crippen LogP contribution in [-0.2, 0) is 14.4 Å². The highest BCUT2D eigenvalue weighted by molar-refractivity contribution is 8.02. The van der Waals surface area contributed by atoms with Crippen molar-refractivity contribution in [1.82, 2.24) is 4.98 Å². The van der Waals surface area contributed by atoms with Crippen molar-refractivity contribution in [2.45, 2.75) is 63.0 Å². The summed E-state index contributed by atoms with van der Waals surface area (Å²) in [5.41, 5.74) is 5.56. The molecule has 182 valence electrons. The minimum Gasteiger partial charge on any atom is -0.325 e. The summed E-state index contributed by atoms with van der Waals surface area (Å²) in [7, 11) is 0. The zero-order valence-electron chi connectivity index (χ0n) is 20.4. The number of thioether (sulfide) groups is 1. The van der Waals surface area contributed by atoms with Gasteiger partial charge in [-0.15, -0.1) is 11.3 Å². The fourth-order valence-electron chi connectivity index (χ4n) is 5.31. The molecule has 1 aromatic heterocycles. The van der Waals surface area contributed by atoms with Crippen LogP contribution >= 0.6 is 23.1 Å². The van der Waals surface area contributed by atoms with E-state index in [0.717, 1.165) is 57.1 Å². The number of amides is 3. The standard InChI is InChI=1S/C27H29N3O3S2/c1-14-11-15(2)23(16(3)12-14)29-24(31)17(4)34-27-28-21-10-9-18(13-22(21)35-27)30-25(32)19-7-5-6-8-20(19)26(30)33/h9-13,17,19-20H,5-8H2,1-4H3,(H,29,31)/t17-,19-,20+/m0/s1. The summed E-state index contributed by atoms with van der Waals surface area (Å²) in [5, 5.41) is 2.74. The van der Waals surface area contributed by atoms with Gasteiger partial charge in [-0.2, -0.15) is 0 Å². The van der Waals surface area contributed by atoms with Gasteiger partial charge in [0.15, 0.2) is 4.34 Å². The van der Waals surface area contributed by atoms with Crippen molar-refractivity contribution < 1.29 is 14.4 Å². The van der Waals surface area contributed by atoms with E-state index < -0.39 is 0 Å². The minimum atomic E-state index is -0.333. The number of carbonyl (C=O) groups is 3. The molecule has 3 atom stereocenters. The zero-order valence-corrected chi connectivity index (χ0v) is 22.0. The Morgan fingerprint density at radius 3 is 2.31 bits per heavy atom. The predicted octanol–water partition coefficient (Wildman–Crippen LogP) is 6.02. The van der Waals surface area contributed by atoms with E-state index >= 15 is 0 Å². The van der Waals surface area contributed by atoms with E-state index in [0.29, 0.717) is 5.69 Å². The third-order valence-corrected chi connectivity index (χ3v) is 9.24. The Kier molecular flexibility index (Phi) is 6.44. The quantitative estimate of drug-likeness (QED) is 0.337. The van der Waals surface area contributed by atoms with Crippen molar-refractivity contribution in [3.63, 3.8) is 0 Å². The lowest BCUT2D eigenvalue weighted by atomic mass is 9.81. The van der Waals surface area contributed by atoms with E-state index in [1.807, 2.05) is 45.9 Å². The summed E-state index contributed by atoms with van der Waals surface area (Å²) in [6, 6.07) is 9.68. The third-order valence-electron chi connectivity index (χ3n) is 7.02. The van der Waals surface area contributed by atoms with E-state index in [1.54, 1.807) is 0 Å². The first-order valence-corrected chi connectivity index (χ1v) is 13.8. The number of nitrogens with one attached hydrogen (secondary N) is 1. The van der Waals surface area contributed by atoms with Crippen LogP contribution in [0.3, 0.4) is 0 Å². The molecule has 0 radical (unpaired) electrons. The Morgan fingerprint density at radius 1 is 1.06 bits per heavy atom. The molecule has 0 unspecified atom stereocenters. The highest BCUT2D eigenvalue weighted by Gasteiger charge is 2.48. The summed E-state index contributed by atoms with van der Waals surface area (Å²) in [6.07, 6.45) is 3.63. The van der Waals surface area contributed by atoms with Crippen LogP contribution in [0, 0.1) is 32.6 Å². The molecule has 2 fully saturated rings. The van der Waals surface area contributed by atoms with E-state index in [2.05, 4.69) is 22.4 Å². The summed E-state index contributed by atoms with van der Waals surface area (Å²) in [4.78, 5) is 44.9. The van der Waals surface area contributed by atoms with Gasteiger partial charge in [0.2, 0.25) is 17.7 Å². The summed E-state index contributed by atoms with van der Waals surface area (Å²) < 4.78 is 1.68. The van der Waals surface area contributed by atoms with Gasteiger partial charge in [-0.3, -0.25) is 19.3 Å². The molecule has 1 saturated heterocycles. The Labute approximate surface area is 213 Å². The molecule has 35 heavy (non-hydrogen) atoms. The number of rotatable bonds is 5. The highest BCUT2D eigenvalue weighted by atomic mass is 32.2. The van der Waals surface area contributed by atoms with Gasteiger partial charge in [0, 0.05) is 5.69 Å². The van der Waals surface area contributed by atoms with Gasteiger partial charge in [0.05, 0.1) is 33.0 Å². The molecule has 0 spiro atoms. The van der Waals surface area contributed by atoms with Gasteiger partial charge >= 0.3 is 0 Å². The maximum Gasteiger partial charge on any atom is 0.237 e. The van der Waals surface area contributed by atoms with E-state index in [1.165, 1.54) is 33.6 Å². The van der Waals surface area contributed by atoms with Gasteiger partial charge in [-0.05, 0) is 69.9 Å². The van der Waals surface area contributed by atoms with Crippen LogP contribution in [0.5, 0.6) is 0 Å². The van der Waals surface area contributed by atoms with Crippen LogP contribution in [-0.4, -0.2) is 28.0 Å². The molecule has 1 saturated carbocycles. The van der Waals surface area contributed by atoms with Gasteiger partial charge in [-0.1, -0.05) is 42.3 Å². The number of imide groups is 1. The first-order valence-electron chi connectivity index (χ1n) is 12.1. The molecule has 2 heterocycles. The lowest BCUT2D eigenvalue weighted by Crippen LogP contribution is -2.30. The second kappa shape index (κ2) is 9.39. The topological polar surface area (TPSA) is 79.4 Å². The third kappa shape index (κ3) is 4.49. The van der Waals surface area contributed by atoms with Crippen molar-refractivity contribution in [2.24, 2.45) is 11.8 Å². The number of benzene rings is 2. The van der Waals surface area contributed by atoms with Crippen LogP contribution in [0.2, 0.25) is 0 Å². The second-order valence-electron chi connectivity index (χ2n) is 9.66. The van der Waals surface area contributed by atoms with Gasteiger partial charge in [0.1, 0.15) is 0 Å². The van der Waals surface area contributed by atoms with Gasteiger partial charge < -0.3 is 5.32 Å². The van der Waals surface area contributed by atoms with Crippen molar-refractivity contribution in [2.75, 3.05) is 10.2 Å². The molecule has 5 rings (SSSR count). The molecule has 1 aliphatic carbocycles. The van der Waals surface area contributed by atoms with Crippen LogP contribution in [0.15, 0.2) is 34.7 Å². The van der Waals surface area contributed by atoms with Crippen molar-refractivity contribution >= 4 is 62.4 Å². The van der Waals surface area contributed by atoms with Gasteiger partial charge in [0.25, 0.3) is 0 Å². The molecule has 1 aliphatic heterocycles. The molecular weight excluding hydrogens is 478 g/mol. The largest absolute Gasteiger partial charge is 0.325 e. The van der Waals surface area contributed by atoms with Crippen LogP contribution < -0.4 is 10.2 Å². The first kappa shape index (κ1) is 24.0. The summed E-state index contributed by atoms with van der Waals surface area (Å²) >= 11 is 2.90. The molecular formula is C27H29N3O3S2. The molecule has 8 heteroatoms. The lowest BCUT2D eigenvalue weighted by molar-refractivity contribution is -0.122.